The lowest BCUT2D eigenvalue weighted by Crippen LogP contribution is -1.74. The SMILES string of the molecule is Clc1[nH]ncc1C(Br)Br. The van der Waals surface area contributed by atoms with Gasteiger partial charge in [0.1, 0.15) is 5.15 Å². The molecule has 1 aromatic rings. The van der Waals surface area contributed by atoms with Gasteiger partial charge in [-0.25, -0.2) is 0 Å². The molecule has 0 amide bonds. The summed E-state index contributed by atoms with van der Waals surface area (Å²) in [5.41, 5.74) is 0.914. The van der Waals surface area contributed by atoms with Crippen molar-refractivity contribution < 1.29 is 0 Å². The third kappa shape index (κ3) is 1.69. The van der Waals surface area contributed by atoms with Crippen molar-refractivity contribution in [3.8, 4) is 0 Å². The third-order valence-corrected chi connectivity index (χ3v) is 2.14. The molecule has 1 heterocycles. The summed E-state index contributed by atoms with van der Waals surface area (Å²) >= 11 is 12.2. The van der Waals surface area contributed by atoms with Gasteiger partial charge in [0.15, 0.2) is 0 Å². The molecule has 0 atom stereocenters. The third-order valence-electron chi connectivity index (χ3n) is 0.855. The Bertz CT molecular complexity index is 198. The zero-order valence-electron chi connectivity index (χ0n) is 4.24. The first kappa shape index (κ1) is 7.57. The minimum atomic E-state index is 0.0799. The van der Waals surface area contributed by atoms with E-state index in [0.29, 0.717) is 5.15 Å². The van der Waals surface area contributed by atoms with E-state index in [2.05, 4.69) is 42.1 Å². The number of nitrogens with one attached hydrogen (secondary N) is 1. The van der Waals surface area contributed by atoms with Crippen molar-refractivity contribution in [2.75, 3.05) is 0 Å². The van der Waals surface area contributed by atoms with Crippen LogP contribution in [0.1, 0.15) is 9.30 Å². The highest BCUT2D eigenvalue weighted by Crippen LogP contribution is 2.32. The smallest absolute Gasteiger partial charge is 0.129 e. The molecular weight excluding hydrogens is 271 g/mol. The zero-order chi connectivity index (χ0) is 6.85. The molecule has 0 bridgehead atoms. The van der Waals surface area contributed by atoms with E-state index in [1.165, 1.54) is 0 Å². The zero-order valence-corrected chi connectivity index (χ0v) is 8.16. The summed E-state index contributed by atoms with van der Waals surface area (Å²) in [5, 5.41) is 6.90. The van der Waals surface area contributed by atoms with Gasteiger partial charge in [0.05, 0.1) is 9.93 Å². The molecule has 0 spiro atoms. The Morgan fingerprint density at radius 1 is 1.67 bits per heavy atom. The van der Waals surface area contributed by atoms with E-state index in [-0.39, 0.29) is 3.74 Å². The number of rotatable bonds is 1. The van der Waals surface area contributed by atoms with Gasteiger partial charge in [-0.3, -0.25) is 5.10 Å². The summed E-state index contributed by atoms with van der Waals surface area (Å²) in [6, 6.07) is 0. The van der Waals surface area contributed by atoms with Crippen LogP contribution in [0.5, 0.6) is 0 Å². The molecule has 0 aliphatic carbocycles. The topological polar surface area (TPSA) is 28.7 Å². The molecule has 0 fully saturated rings. The number of nitrogens with zero attached hydrogens (tertiary/aromatic N) is 1. The van der Waals surface area contributed by atoms with Crippen molar-refractivity contribution in [2.45, 2.75) is 3.74 Å². The maximum absolute atomic E-state index is 5.66. The standard InChI is InChI=1S/C4H3Br2ClN2/c5-3(6)2-1-8-9-4(2)7/h1,3H,(H,8,9). The predicted octanol–water partition coefficient (Wildman–Crippen LogP) is 2.85. The first-order valence-corrected chi connectivity index (χ1v) is 4.39. The van der Waals surface area contributed by atoms with Crippen molar-refractivity contribution >= 4 is 43.5 Å². The number of H-pyrrole nitrogens is 1. The fraction of sp³-hybridized carbons (Fsp3) is 0.250. The number of hydrogen-bond donors (Lipinski definition) is 1. The van der Waals surface area contributed by atoms with Crippen molar-refractivity contribution in [3.63, 3.8) is 0 Å². The van der Waals surface area contributed by atoms with Gasteiger partial charge in [-0.05, 0) is 0 Å². The van der Waals surface area contributed by atoms with Crippen LogP contribution in [0.3, 0.4) is 0 Å². The molecule has 1 rings (SSSR count). The van der Waals surface area contributed by atoms with Crippen LogP contribution in [0.4, 0.5) is 0 Å². The maximum atomic E-state index is 5.66. The number of hydrogen-bond acceptors (Lipinski definition) is 1. The first-order chi connectivity index (χ1) is 4.22. The minimum Gasteiger partial charge on any atom is -0.267 e. The van der Waals surface area contributed by atoms with E-state index in [4.69, 9.17) is 11.6 Å². The highest BCUT2D eigenvalue weighted by Gasteiger charge is 2.07. The summed E-state index contributed by atoms with van der Waals surface area (Å²) in [4.78, 5) is 0. The lowest BCUT2D eigenvalue weighted by Gasteiger charge is -1.93. The molecule has 0 unspecified atom stereocenters. The van der Waals surface area contributed by atoms with Gasteiger partial charge in [0, 0.05) is 5.56 Å². The lowest BCUT2D eigenvalue weighted by atomic mass is 10.4. The summed E-state index contributed by atoms with van der Waals surface area (Å²) in [6.45, 7) is 0. The Balaban J connectivity index is 2.94. The van der Waals surface area contributed by atoms with E-state index in [0.717, 1.165) is 5.56 Å². The monoisotopic (exact) mass is 272 g/mol. The second-order valence-corrected chi connectivity index (χ2v) is 4.88. The molecule has 0 saturated carbocycles. The molecule has 9 heavy (non-hydrogen) atoms. The number of aromatic nitrogens is 2. The molecule has 2 nitrogen and oxygen atoms in total. The second-order valence-electron chi connectivity index (χ2n) is 1.44. The molecule has 0 radical (unpaired) electrons. The van der Waals surface area contributed by atoms with Crippen LogP contribution < -0.4 is 0 Å². The Kier molecular flexibility index (Phi) is 2.55. The van der Waals surface area contributed by atoms with E-state index < -0.39 is 0 Å². The average Bonchev–Trinajstić information content (AvgIpc) is 2.13. The van der Waals surface area contributed by atoms with Gasteiger partial charge in [0.25, 0.3) is 0 Å². The van der Waals surface area contributed by atoms with E-state index in [1.807, 2.05) is 0 Å². The summed E-state index contributed by atoms with van der Waals surface area (Å²) in [6.07, 6.45) is 1.66. The molecule has 0 aromatic carbocycles. The van der Waals surface area contributed by atoms with E-state index in [9.17, 15) is 0 Å². The molecule has 0 aliphatic rings. The number of halogens is 3. The van der Waals surface area contributed by atoms with Crippen LogP contribution in [0.15, 0.2) is 6.20 Å². The normalized spacial score (nSPS) is 10.7. The molecule has 5 heteroatoms. The van der Waals surface area contributed by atoms with Crippen LogP contribution >= 0.6 is 43.5 Å². The van der Waals surface area contributed by atoms with Crippen LogP contribution in [0.2, 0.25) is 5.15 Å². The second kappa shape index (κ2) is 3.03. The minimum absolute atomic E-state index is 0.0799. The van der Waals surface area contributed by atoms with Crippen LogP contribution in [0.25, 0.3) is 0 Å². The fourth-order valence-electron chi connectivity index (χ4n) is 0.432. The summed E-state index contributed by atoms with van der Waals surface area (Å²) < 4.78 is 0.0799. The Labute approximate surface area is 74.2 Å². The molecule has 1 N–H and O–H groups in total. The van der Waals surface area contributed by atoms with Gasteiger partial charge in [-0.1, -0.05) is 43.5 Å². The van der Waals surface area contributed by atoms with Gasteiger partial charge in [-0.15, -0.1) is 0 Å². The summed E-state index contributed by atoms with van der Waals surface area (Å²) in [5.74, 6) is 0. The molecular formula is C4H3Br2ClN2. The Morgan fingerprint density at radius 2 is 2.33 bits per heavy atom. The Hall–Kier alpha value is 0.460. The molecule has 50 valence electrons. The lowest BCUT2D eigenvalue weighted by molar-refractivity contribution is 1.09. The van der Waals surface area contributed by atoms with Gasteiger partial charge in [0.2, 0.25) is 0 Å². The fourth-order valence-corrected chi connectivity index (χ4v) is 1.60. The first-order valence-electron chi connectivity index (χ1n) is 2.18. The highest BCUT2D eigenvalue weighted by atomic mass is 79.9. The van der Waals surface area contributed by atoms with Crippen molar-refractivity contribution in [1.82, 2.24) is 10.2 Å². The van der Waals surface area contributed by atoms with Crippen LogP contribution in [-0.4, -0.2) is 10.2 Å². The average molecular weight is 274 g/mol. The predicted molar refractivity (Wildman–Crippen MR) is 44.2 cm³/mol. The molecule has 0 saturated heterocycles. The van der Waals surface area contributed by atoms with Crippen molar-refractivity contribution in [3.05, 3.63) is 16.9 Å². The number of aromatic amines is 1. The Morgan fingerprint density at radius 3 is 2.56 bits per heavy atom. The maximum Gasteiger partial charge on any atom is 0.129 e. The van der Waals surface area contributed by atoms with Gasteiger partial charge >= 0.3 is 0 Å². The van der Waals surface area contributed by atoms with Crippen LogP contribution in [-0.2, 0) is 0 Å². The van der Waals surface area contributed by atoms with Crippen LogP contribution in [0, 0.1) is 0 Å². The van der Waals surface area contributed by atoms with E-state index in [1.54, 1.807) is 6.20 Å². The molecule has 0 aliphatic heterocycles. The van der Waals surface area contributed by atoms with Gasteiger partial charge in [-0.2, -0.15) is 5.10 Å². The van der Waals surface area contributed by atoms with Crippen molar-refractivity contribution in [2.24, 2.45) is 0 Å². The molecule has 1 aromatic heterocycles. The summed E-state index contributed by atoms with van der Waals surface area (Å²) in [7, 11) is 0. The van der Waals surface area contributed by atoms with Gasteiger partial charge < -0.3 is 0 Å². The number of alkyl halides is 2. The largest absolute Gasteiger partial charge is 0.267 e. The van der Waals surface area contributed by atoms with Crippen molar-refractivity contribution in [1.29, 1.82) is 0 Å². The quantitative estimate of drug-likeness (QED) is 0.784. The van der Waals surface area contributed by atoms with E-state index >= 15 is 0 Å². The highest BCUT2D eigenvalue weighted by molar-refractivity contribution is 9.24.